The number of carbonyl (C=O) groups is 4. The molecule has 17 heteroatoms. The van der Waals surface area contributed by atoms with Crippen LogP contribution in [0.5, 0.6) is 11.6 Å². The van der Waals surface area contributed by atoms with Gasteiger partial charge in [0.25, 0.3) is 5.91 Å². The number of nitrogens with zero attached hydrogens (tertiary/aromatic N) is 3. The van der Waals surface area contributed by atoms with Gasteiger partial charge < -0.3 is 34.5 Å². The largest absolute Gasteiger partial charge is 0.491 e. The summed E-state index contributed by atoms with van der Waals surface area (Å²) in [5, 5.41) is 5.92. The number of hydrogen-bond acceptors (Lipinski definition) is 12. The number of hydrogen-bond donors (Lipinski definition) is 3. The minimum atomic E-state index is -3.92. The summed E-state index contributed by atoms with van der Waals surface area (Å²) >= 11 is 0. The maximum Gasteiger partial charge on any atom is 0.408 e. The zero-order chi connectivity index (χ0) is 44.0. The number of morpholine rings is 1. The van der Waals surface area contributed by atoms with Crippen LogP contribution >= 0.6 is 0 Å². The van der Waals surface area contributed by atoms with Gasteiger partial charge in [0.2, 0.25) is 27.7 Å². The van der Waals surface area contributed by atoms with Gasteiger partial charge in [-0.1, -0.05) is 51.8 Å². The maximum atomic E-state index is 14.9. The van der Waals surface area contributed by atoms with Crippen molar-refractivity contribution >= 4 is 44.7 Å². The van der Waals surface area contributed by atoms with E-state index in [-0.39, 0.29) is 25.3 Å². The van der Waals surface area contributed by atoms with Gasteiger partial charge >= 0.3 is 6.09 Å². The van der Waals surface area contributed by atoms with Crippen molar-refractivity contribution in [2.24, 2.45) is 17.3 Å². The third-order valence-electron chi connectivity index (χ3n) is 13.6. The first-order valence-electron chi connectivity index (χ1n) is 22.3. The normalized spacial score (nSPS) is 30.9. The number of rotatable bonds is 10. The van der Waals surface area contributed by atoms with E-state index in [0.29, 0.717) is 56.2 Å². The zero-order valence-electron chi connectivity index (χ0n) is 36.4. The molecule has 4 amide bonds. The molecule has 1 aromatic carbocycles. The molecule has 62 heavy (non-hydrogen) atoms. The fourth-order valence-corrected chi connectivity index (χ4v) is 10.7. The Bertz CT molecular complexity index is 2190. The van der Waals surface area contributed by atoms with E-state index >= 15 is 0 Å². The smallest absolute Gasteiger partial charge is 0.408 e. The van der Waals surface area contributed by atoms with E-state index in [0.717, 1.165) is 62.7 Å². The Morgan fingerprint density at radius 1 is 1.08 bits per heavy atom. The second kappa shape index (κ2) is 17.2. The molecule has 3 N–H and O–H groups in total. The Hall–Kier alpha value is -4.48. The number of ether oxygens (including phenoxy) is 4. The van der Waals surface area contributed by atoms with Gasteiger partial charge in [-0.3, -0.25) is 24.0 Å². The Kier molecular flexibility index (Phi) is 12.3. The van der Waals surface area contributed by atoms with Crippen molar-refractivity contribution in [1.82, 2.24) is 30.1 Å². The van der Waals surface area contributed by atoms with Gasteiger partial charge in [-0.15, -0.1) is 6.58 Å². The summed E-state index contributed by atoms with van der Waals surface area (Å²) in [5.41, 5.74) is -1.54. The topological polar surface area (TPSA) is 195 Å². The first kappa shape index (κ1) is 44.1. The Morgan fingerprint density at radius 3 is 2.55 bits per heavy atom. The second-order valence-corrected chi connectivity index (χ2v) is 21.3. The van der Waals surface area contributed by atoms with Crippen molar-refractivity contribution in [3.63, 3.8) is 0 Å². The predicted molar refractivity (Wildman–Crippen MR) is 230 cm³/mol. The fraction of sp³-hybridized carbons (Fsp3) is 0.667. The van der Waals surface area contributed by atoms with Crippen LogP contribution in [0.2, 0.25) is 0 Å². The quantitative estimate of drug-likeness (QED) is 0.291. The average molecular weight is 879 g/mol. The molecule has 3 aliphatic carbocycles. The highest BCUT2D eigenvalue weighted by molar-refractivity contribution is 7.91. The monoisotopic (exact) mass is 878 g/mol. The highest BCUT2D eigenvalue weighted by Gasteiger charge is 2.62. The number of carbonyl (C=O) groups excluding carboxylic acids is 4. The predicted octanol–water partition coefficient (Wildman–Crippen LogP) is 4.00. The van der Waals surface area contributed by atoms with Crippen LogP contribution < -0.4 is 24.8 Å². The van der Waals surface area contributed by atoms with Crippen LogP contribution in [0.15, 0.2) is 36.9 Å². The van der Waals surface area contributed by atoms with Crippen LogP contribution in [-0.4, -0.2) is 128 Å². The third kappa shape index (κ3) is 9.40. The summed E-state index contributed by atoms with van der Waals surface area (Å²) in [5.74, 6) is -1.29. The number of sulfonamides is 1. The molecule has 2 saturated heterocycles. The Labute approximate surface area is 364 Å². The second-order valence-electron chi connectivity index (χ2n) is 19.4. The molecule has 8 rings (SSSR count). The van der Waals surface area contributed by atoms with Crippen LogP contribution in [0.25, 0.3) is 10.9 Å². The summed E-state index contributed by atoms with van der Waals surface area (Å²) in [6, 6.07) is 5.51. The molecule has 7 atom stereocenters. The van der Waals surface area contributed by atoms with E-state index in [1.165, 1.54) is 11.0 Å². The van der Waals surface area contributed by atoms with Crippen molar-refractivity contribution in [3.8, 4) is 11.6 Å². The molecule has 2 aromatic rings. The first-order chi connectivity index (χ1) is 29.5. The maximum absolute atomic E-state index is 14.9. The van der Waals surface area contributed by atoms with E-state index < -0.39 is 79.7 Å². The van der Waals surface area contributed by atoms with Crippen LogP contribution in [0.3, 0.4) is 0 Å². The molecule has 3 saturated carbocycles. The fourth-order valence-electron chi connectivity index (χ4n) is 9.34. The number of benzene rings is 1. The highest BCUT2D eigenvalue weighted by atomic mass is 32.2. The average Bonchev–Trinajstić information content (AvgIpc) is 4.18. The first-order valence-corrected chi connectivity index (χ1v) is 23.9. The van der Waals surface area contributed by atoms with Crippen LogP contribution in [0, 0.1) is 17.3 Å². The summed E-state index contributed by atoms with van der Waals surface area (Å²) < 4.78 is 53.0. The minimum Gasteiger partial charge on any atom is -0.491 e. The number of fused-ring (bicyclic) bond motifs is 5. The lowest BCUT2D eigenvalue weighted by Crippen LogP contribution is -2.60. The van der Waals surface area contributed by atoms with Crippen molar-refractivity contribution in [1.29, 1.82) is 0 Å². The molecule has 5 fully saturated rings. The Balaban J connectivity index is 1.13. The van der Waals surface area contributed by atoms with Gasteiger partial charge in [-0.05, 0) is 69.4 Å². The summed E-state index contributed by atoms with van der Waals surface area (Å²) in [4.78, 5) is 65.5. The van der Waals surface area contributed by atoms with Gasteiger partial charge in [0.05, 0.1) is 36.1 Å². The summed E-state index contributed by atoms with van der Waals surface area (Å²) in [7, 11) is -3.92. The van der Waals surface area contributed by atoms with E-state index in [1.54, 1.807) is 0 Å². The third-order valence-corrected chi connectivity index (χ3v) is 15.4. The van der Waals surface area contributed by atoms with Gasteiger partial charge in [-0.2, -0.15) is 0 Å². The van der Waals surface area contributed by atoms with Gasteiger partial charge in [-0.25, -0.2) is 18.2 Å². The van der Waals surface area contributed by atoms with Crippen molar-refractivity contribution in [2.75, 3.05) is 46.0 Å². The van der Waals surface area contributed by atoms with Gasteiger partial charge in [0.1, 0.15) is 41.7 Å². The molecule has 4 heterocycles. The Morgan fingerprint density at radius 2 is 1.84 bits per heavy atom. The lowest BCUT2D eigenvalue weighted by Gasteiger charge is -2.35. The SMILES string of the molecule is C=C[C@@H]1C[C@]1(NC(=O)[C@@H]1C[C@@H]2CN1C(=O)[C@H](C(C)(C)C)NC(=O)O[C@]1(C)C[C@H]1CCCCCc1c(nc3ccccc3c1OCCN1CCOCC1)O2)C(=O)NS(=O)(=O)C1CC1. The molecule has 0 unspecified atom stereocenters. The molecule has 6 aliphatic rings. The van der Waals surface area contributed by atoms with Gasteiger partial charge in [0.15, 0.2) is 0 Å². The van der Waals surface area contributed by atoms with Gasteiger partial charge in [0, 0.05) is 43.3 Å². The molecular weight excluding hydrogens is 817 g/mol. The highest BCUT2D eigenvalue weighted by Crippen LogP contribution is 2.50. The molecule has 3 aliphatic heterocycles. The van der Waals surface area contributed by atoms with E-state index in [9.17, 15) is 27.6 Å². The lowest BCUT2D eigenvalue weighted by molar-refractivity contribution is -0.143. The number of amides is 4. The molecule has 2 bridgehead atoms. The molecule has 16 nitrogen and oxygen atoms in total. The van der Waals surface area contributed by atoms with Crippen molar-refractivity contribution < 1.29 is 46.5 Å². The molecule has 338 valence electrons. The number of para-hydroxylation sites is 1. The minimum absolute atomic E-state index is 0.0244. The van der Waals surface area contributed by atoms with Crippen molar-refractivity contribution in [3.05, 3.63) is 42.5 Å². The number of pyridine rings is 1. The van der Waals surface area contributed by atoms with Crippen molar-refractivity contribution in [2.45, 2.75) is 126 Å². The number of nitrogens with one attached hydrogen (secondary N) is 3. The summed E-state index contributed by atoms with van der Waals surface area (Å²) in [6.45, 7) is 15.4. The lowest BCUT2D eigenvalue weighted by atomic mass is 9.85. The zero-order valence-corrected chi connectivity index (χ0v) is 37.2. The van der Waals surface area contributed by atoms with E-state index in [1.807, 2.05) is 52.0 Å². The van der Waals surface area contributed by atoms with E-state index in [4.69, 9.17) is 23.9 Å². The van der Waals surface area contributed by atoms with Crippen LogP contribution in [0.1, 0.15) is 91.0 Å². The standard InChI is InChI=1S/C45H62N6O10S/c1-6-28-26-45(28,41(54)49-62(56,57)31-16-17-31)48-38(52)35-24-30-27-51(35)40(53)37(43(2,3)4)47-42(55)61-44(5)25-29(44)12-8-7-9-14-33-36(59-23-20-50-18-21-58-22-19-50)32-13-10-11-15-34(32)46-39(33)60-30/h6,10-11,13,15,28-31,35,37H,1,7-9,12,14,16-27H2,2-5H3,(H,47,55)(H,48,52)(H,49,54)/t28-,29-,30-,35+,37-,44-,45-/m1/s1. The van der Waals surface area contributed by atoms with Crippen LogP contribution in [-0.2, 0) is 40.3 Å². The number of aromatic nitrogens is 1. The molecule has 0 spiro atoms. The molecule has 1 aromatic heterocycles. The number of alkyl carbamates (subject to hydrolysis) is 1. The van der Waals surface area contributed by atoms with Crippen LogP contribution in [0.4, 0.5) is 4.79 Å². The molecular formula is C45H62N6O10S. The van der Waals surface area contributed by atoms with E-state index in [2.05, 4.69) is 26.8 Å². The summed E-state index contributed by atoms with van der Waals surface area (Å²) in [6.07, 6.45) is 6.05. The molecule has 0 radical (unpaired) electrons.